The van der Waals surface area contributed by atoms with Gasteiger partial charge in [-0.05, 0) is 35.4 Å². The normalized spacial score (nSPS) is 9.81. The van der Waals surface area contributed by atoms with Crippen LogP contribution in [0.1, 0.15) is 5.56 Å². The molecule has 2 aromatic rings. The molecule has 0 saturated heterocycles. The highest BCUT2D eigenvalue weighted by Crippen LogP contribution is 2.30. The third-order valence-electron chi connectivity index (χ3n) is 2.26. The Kier molecular flexibility index (Phi) is 3.28. The minimum absolute atomic E-state index is 0.661. The van der Waals surface area contributed by atoms with Crippen LogP contribution in [-0.2, 0) is 0 Å². The van der Waals surface area contributed by atoms with E-state index in [9.17, 15) is 0 Å². The van der Waals surface area contributed by atoms with Crippen molar-refractivity contribution in [3.63, 3.8) is 0 Å². The number of hydrogen-bond acceptors (Lipinski definition) is 1. The van der Waals surface area contributed by atoms with Crippen molar-refractivity contribution < 1.29 is 0 Å². The molecule has 0 unspecified atom stereocenters. The van der Waals surface area contributed by atoms with Gasteiger partial charge in [0, 0.05) is 9.50 Å². The van der Waals surface area contributed by atoms with Gasteiger partial charge in [0.2, 0.25) is 0 Å². The summed E-state index contributed by atoms with van der Waals surface area (Å²) >= 11 is 9.35. The fraction of sp³-hybridized carbons (Fsp3) is 0. The molecule has 0 amide bonds. The number of nitrogens with zero attached hydrogens (tertiary/aromatic N) is 1. The summed E-state index contributed by atoms with van der Waals surface area (Å²) in [4.78, 5) is 0. The van der Waals surface area contributed by atoms with Crippen LogP contribution in [0.25, 0.3) is 11.1 Å². The van der Waals surface area contributed by atoms with E-state index in [1.807, 2.05) is 30.3 Å². The Morgan fingerprint density at radius 1 is 1.06 bits per heavy atom. The van der Waals surface area contributed by atoms with Crippen molar-refractivity contribution in [2.24, 2.45) is 0 Å². The van der Waals surface area contributed by atoms with E-state index in [4.69, 9.17) is 16.9 Å². The highest BCUT2D eigenvalue weighted by Gasteiger charge is 2.03. The van der Waals surface area contributed by atoms with E-state index in [0.29, 0.717) is 10.6 Å². The van der Waals surface area contributed by atoms with E-state index in [-0.39, 0.29) is 0 Å². The maximum Gasteiger partial charge on any atom is 0.0991 e. The molecule has 1 nitrogen and oxygen atoms in total. The van der Waals surface area contributed by atoms with Crippen LogP contribution in [0.4, 0.5) is 0 Å². The third-order valence-corrected chi connectivity index (χ3v) is 3.15. The van der Waals surface area contributed by atoms with Crippen LogP contribution in [0.2, 0.25) is 5.02 Å². The first-order valence-corrected chi connectivity index (χ1v) is 5.83. The zero-order valence-corrected chi connectivity index (χ0v) is 10.6. The van der Waals surface area contributed by atoms with Crippen LogP contribution in [0, 0.1) is 11.3 Å². The predicted molar refractivity (Wildman–Crippen MR) is 69.3 cm³/mol. The minimum Gasteiger partial charge on any atom is -0.192 e. The Morgan fingerprint density at radius 2 is 1.75 bits per heavy atom. The summed E-state index contributed by atoms with van der Waals surface area (Å²) in [5.41, 5.74) is 2.78. The van der Waals surface area contributed by atoms with Crippen LogP contribution < -0.4 is 0 Å². The molecular weight excluding hydrogens is 286 g/mol. The smallest absolute Gasteiger partial charge is 0.0991 e. The highest BCUT2D eigenvalue weighted by atomic mass is 79.9. The molecule has 16 heavy (non-hydrogen) atoms. The SMILES string of the molecule is N#Cc1ccc(-c2ccc(Cl)cc2Br)cc1. The third kappa shape index (κ3) is 2.27. The Hall–Kier alpha value is -1.30. The zero-order chi connectivity index (χ0) is 11.5. The molecule has 0 aliphatic carbocycles. The topological polar surface area (TPSA) is 23.8 Å². The van der Waals surface area contributed by atoms with Gasteiger partial charge in [-0.1, -0.05) is 45.7 Å². The summed E-state index contributed by atoms with van der Waals surface area (Å²) in [6, 6.07) is 15.2. The van der Waals surface area contributed by atoms with Gasteiger partial charge in [0.15, 0.2) is 0 Å². The van der Waals surface area contributed by atoms with Crippen LogP contribution in [-0.4, -0.2) is 0 Å². The molecule has 0 aromatic heterocycles. The van der Waals surface area contributed by atoms with Gasteiger partial charge in [0.25, 0.3) is 0 Å². The fourth-order valence-electron chi connectivity index (χ4n) is 1.45. The van der Waals surface area contributed by atoms with Crippen LogP contribution in [0.15, 0.2) is 46.9 Å². The van der Waals surface area contributed by atoms with Gasteiger partial charge in [0.1, 0.15) is 0 Å². The van der Waals surface area contributed by atoms with Gasteiger partial charge in [-0.25, -0.2) is 0 Å². The number of hydrogen-bond donors (Lipinski definition) is 0. The van der Waals surface area contributed by atoms with E-state index >= 15 is 0 Å². The van der Waals surface area contributed by atoms with Crippen LogP contribution in [0.3, 0.4) is 0 Å². The molecule has 0 aliphatic rings. The Bertz CT molecular complexity index is 555. The molecule has 3 heteroatoms. The van der Waals surface area contributed by atoms with Crippen LogP contribution in [0.5, 0.6) is 0 Å². The van der Waals surface area contributed by atoms with E-state index in [1.165, 1.54) is 0 Å². The number of nitriles is 1. The molecule has 0 spiro atoms. The van der Waals surface area contributed by atoms with Gasteiger partial charge in [-0.3, -0.25) is 0 Å². The first-order chi connectivity index (χ1) is 7.70. The summed E-state index contributed by atoms with van der Waals surface area (Å²) in [5, 5.41) is 9.41. The Labute approximate surface area is 107 Å². The molecule has 0 bridgehead atoms. The highest BCUT2D eigenvalue weighted by molar-refractivity contribution is 9.10. The second-order valence-electron chi connectivity index (χ2n) is 3.31. The molecule has 2 rings (SSSR count). The van der Waals surface area contributed by atoms with Crippen molar-refractivity contribution in [3.8, 4) is 17.2 Å². The van der Waals surface area contributed by atoms with Gasteiger partial charge >= 0.3 is 0 Å². The number of rotatable bonds is 1. The molecule has 2 aromatic carbocycles. The first-order valence-electron chi connectivity index (χ1n) is 4.66. The van der Waals surface area contributed by atoms with Gasteiger partial charge in [-0.2, -0.15) is 5.26 Å². The first kappa shape index (κ1) is 11.2. The summed E-state index contributed by atoms with van der Waals surface area (Å²) in [5.74, 6) is 0. The summed E-state index contributed by atoms with van der Waals surface area (Å²) in [7, 11) is 0. The molecule has 0 saturated carbocycles. The van der Waals surface area contributed by atoms with E-state index in [0.717, 1.165) is 15.6 Å². The van der Waals surface area contributed by atoms with Crippen molar-refractivity contribution in [1.82, 2.24) is 0 Å². The molecule has 0 radical (unpaired) electrons. The lowest BCUT2D eigenvalue weighted by Gasteiger charge is -2.05. The Balaban J connectivity index is 2.47. The second-order valence-corrected chi connectivity index (χ2v) is 4.60. The second kappa shape index (κ2) is 4.69. The average Bonchev–Trinajstić information content (AvgIpc) is 2.29. The molecule has 0 fully saturated rings. The molecule has 78 valence electrons. The van der Waals surface area contributed by atoms with Crippen molar-refractivity contribution in [3.05, 3.63) is 57.5 Å². The van der Waals surface area contributed by atoms with E-state index in [1.54, 1.807) is 12.1 Å². The number of benzene rings is 2. The van der Waals surface area contributed by atoms with Crippen molar-refractivity contribution in [2.75, 3.05) is 0 Å². The maximum absolute atomic E-state index is 8.71. The minimum atomic E-state index is 0.661. The lowest BCUT2D eigenvalue weighted by molar-refractivity contribution is 1.48. The van der Waals surface area contributed by atoms with Crippen molar-refractivity contribution in [1.29, 1.82) is 5.26 Å². The molecular formula is C13H7BrClN. The fourth-order valence-corrected chi connectivity index (χ4v) is 2.36. The lowest BCUT2D eigenvalue weighted by Crippen LogP contribution is -1.81. The summed E-state index contributed by atoms with van der Waals surface area (Å²) in [6.45, 7) is 0. The maximum atomic E-state index is 8.71. The number of halogens is 2. The lowest BCUT2D eigenvalue weighted by atomic mass is 10.0. The van der Waals surface area contributed by atoms with Crippen LogP contribution >= 0.6 is 27.5 Å². The van der Waals surface area contributed by atoms with Crippen molar-refractivity contribution in [2.45, 2.75) is 0 Å². The van der Waals surface area contributed by atoms with Crippen molar-refractivity contribution >= 4 is 27.5 Å². The summed E-state index contributed by atoms with van der Waals surface area (Å²) < 4.78 is 0.949. The zero-order valence-electron chi connectivity index (χ0n) is 8.24. The quantitative estimate of drug-likeness (QED) is 0.751. The largest absolute Gasteiger partial charge is 0.192 e. The summed E-state index contributed by atoms with van der Waals surface area (Å²) in [6.07, 6.45) is 0. The van der Waals surface area contributed by atoms with Gasteiger partial charge < -0.3 is 0 Å². The van der Waals surface area contributed by atoms with E-state index in [2.05, 4.69) is 22.0 Å². The Morgan fingerprint density at radius 3 is 2.31 bits per heavy atom. The molecule has 0 atom stereocenters. The van der Waals surface area contributed by atoms with Gasteiger partial charge in [0.05, 0.1) is 11.6 Å². The standard InChI is InChI=1S/C13H7BrClN/c14-13-7-11(15)5-6-12(13)10-3-1-9(8-16)2-4-10/h1-7H. The monoisotopic (exact) mass is 291 g/mol. The van der Waals surface area contributed by atoms with E-state index < -0.39 is 0 Å². The molecule has 0 N–H and O–H groups in total. The molecule has 0 aliphatic heterocycles. The molecule has 0 heterocycles. The van der Waals surface area contributed by atoms with Gasteiger partial charge in [-0.15, -0.1) is 0 Å². The predicted octanol–water partition coefficient (Wildman–Crippen LogP) is 4.64. The average molecular weight is 293 g/mol.